The van der Waals surface area contributed by atoms with E-state index in [1.54, 1.807) is 30.3 Å². The minimum absolute atomic E-state index is 0.0514. The molecule has 28 heavy (non-hydrogen) atoms. The Hall–Kier alpha value is -2.47. The van der Waals surface area contributed by atoms with E-state index in [9.17, 15) is 5.11 Å². The van der Waals surface area contributed by atoms with Crippen molar-refractivity contribution >= 4 is 29.0 Å². The zero-order valence-corrected chi connectivity index (χ0v) is 16.8. The van der Waals surface area contributed by atoms with Gasteiger partial charge in [0, 0.05) is 40.4 Å². The van der Waals surface area contributed by atoms with Crippen LogP contribution in [0.5, 0.6) is 11.5 Å². The highest BCUT2D eigenvalue weighted by molar-refractivity contribution is 6.39. The number of anilines is 1. The molecule has 2 aromatic carbocycles. The maximum absolute atomic E-state index is 10.4. The molecule has 7 heteroatoms. The molecule has 0 spiro atoms. The molecule has 3 rings (SSSR count). The van der Waals surface area contributed by atoms with E-state index >= 15 is 0 Å². The van der Waals surface area contributed by atoms with Crippen LogP contribution in [0.4, 0.5) is 5.82 Å². The number of aliphatic hydroxyl groups is 1. The monoisotopic (exact) mass is 418 g/mol. The van der Waals surface area contributed by atoms with Crippen LogP contribution in [0.1, 0.15) is 6.42 Å². The molecule has 0 radical (unpaired) electrons. The van der Waals surface area contributed by atoms with Gasteiger partial charge in [0.2, 0.25) is 0 Å². The van der Waals surface area contributed by atoms with Crippen molar-refractivity contribution in [3.8, 4) is 33.9 Å². The molecule has 0 aliphatic carbocycles. The number of phenolic OH excluding ortho intramolecular Hbond substituents is 1. The van der Waals surface area contributed by atoms with Gasteiger partial charge >= 0.3 is 0 Å². The van der Waals surface area contributed by atoms with Crippen molar-refractivity contribution in [1.82, 2.24) is 4.98 Å². The number of pyridine rings is 1. The van der Waals surface area contributed by atoms with E-state index in [1.165, 1.54) is 13.2 Å². The fourth-order valence-electron chi connectivity index (χ4n) is 2.83. The fourth-order valence-corrected chi connectivity index (χ4v) is 3.44. The zero-order valence-electron chi connectivity index (χ0n) is 15.2. The lowest BCUT2D eigenvalue weighted by Gasteiger charge is -2.14. The average Bonchev–Trinajstić information content (AvgIpc) is 2.68. The van der Waals surface area contributed by atoms with E-state index < -0.39 is 0 Å². The van der Waals surface area contributed by atoms with Crippen LogP contribution in [0.25, 0.3) is 22.4 Å². The van der Waals surface area contributed by atoms with Gasteiger partial charge in [-0.15, -0.1) is 0 Å². The van der Waals surface area contributed by atoms with Gasteiger partial charge in [0.25, 0.3) is 0 Å². The van der Waals surface area contributed by atoms with Crippen molar-refractivity contribution in [2.24, 2.45) is 0 Å². The minimum Gasteiger partial charge on any atom is -0.507 e. The van der Waals surface area contributed by atoms with Crippen LogP contribution in [0.15, 0.2) is 48.5 Å². The first-order chi connectivity index (χ1) is 13.5. The molecule has 0 amide bonds. The summed E-state index contributed by atoms with van der Waals surface area (Å²) in [6.07, 6.45) is 0.585. The third kappa shape index (κ3) is 4.50. The van der Waals surface area contributed by atoms with Crippen molar-refractivity contribution in [2.75, 3.05) is 25.6 Å². The molecule has 0 unspecified atom stereocenters. The normalized spacial score (nSPS) is 10.7. The number of nitrogens with zero attached hydrogens (tertiary/aromatic N) is 1. The van der Waals surface area contributed by atoms with Crippen LogP contribution in [-0.4, -0.2) is 35.5 Å². The Labute approximate surface area is 173 Å². The summed E-state index contributed by atoms with van der Waals surface area (Å²) in [6.45, 7) is 0.631. The number of ether oxygens (including phenoxy) is 1. The molecule has 146 valence electrons. The van der Waals surface area contributed by atoms with E-state index in [0.29, 0.717) is 51.4 Å². The van der Waals surface area contributed by atoms with Gasteiger partial charge in [-0.2, -0.15) is 0 Å². The van der Waals surface area contributed by atoms with Crippen LogP contribution in [0.2, 0.25) is 10.0 Å². The number of methoxy groups -OCH3 is 1. The number of aromatic nitrogens is 1. The van der Waals surface area contributed by atoms with Gasteiger partial charge in [0.05, 0.1) is 12.8 Å². The van der Waals surface area contributed by atoms with Gasteiger partial charge in [-0.1, -0.05) is 29.3 Å². The number of aromatic hydroxyl groups is 1. The maximum Gasteiger partial charge on any atom is 0.128 e. The number of benzene rings is 2. The summed E-state index contributed by atoms with van der Waals surface area (Å²) in [5.41, 5.74) is 2.56. The van der Waals surface area contributed by atoms with Crippen LogP contribution in [0, 0.1) is 0 Å². The number of phenols is 1. The Kier molecular flexibility index (Phi) is 6.62. The maximum atomic E-state index is 10.4. The van der Waals surface area contributed by atoms with E-state index in [1.807, 2.05) is 12.1 Å². The number of nitrogens with one attached hydrogen (secondary N) is 1. The first kappa shape index (κ1) is 20.3. The van der Waals surface area contributed by atoms with Crippen molar-refractivity contribution < 1.29 is 14.9 Å². The topological polar surface area (TPSA) is 74.6 Å². The van der Waals surface area contributed by atoms with E-state index in [2.05, 4.69) is 10.3 Å². The van der Waals surface area contributed by atoms with Crippen LogP contribution in [-0.2, 0) is 0 Å². The first-order valence-corrected chi connectivity index (χ1v) is 9.47. The average molecular weight is 419 g/mol. The Morgan fingerprint density at radius 1 is 1.07 bits per heavy atom. The predicted octanol–water partition coefficient (Wildman–Crippen LogP) is 5.23. The molecule has 0 fully saturated rings. The second-order valence-electron chi connectivity index (χ2n) is 6.11. The molecular weight excluding hydrogens is 399 g/mol. The molecule has 5 nitrogen and oxygen atoms in total. The van der Waals surface area contributed by atoms with Crippen molar-refractivity contribution in [1.29, 1.82) is 0 Å². The second kappa shape index (κ2) is 9.15. The molecule has 0 atom stereocenters. The first-order valence-electron chi connectivity index (χ1n) is 8.72. The largest absolute Gasteiger partial charge is 0.507 e. The summed E-state index contributed by atoms with van der Waals surface area (Å²) < 4.78 is 5.15. The molecule has 0 aliphatic rings. The second-order valence-corrected chi connectivity index (χ2v) is 6.92. The highest BCUT2D eigenvalue weighted by atomic mass is 35.5. The van der Waals surface area contributed by atoms with Gasteiger partial charge in [0.15, 0.2) is 0 Å². The number of halogens is 2. The molecule has 3 N–H and O–H groups in total. The summed E-state index contributed by atoms with van der Waals surface area (Å²) in [5.74, 6) is 1.19. The SMILES string of the molecule is COc1ccc(-c2cc(-c3c(Cl)cccc3Cl)cc(NCCCO)n2)c(O)c1. The Morgan fingerprint density at radius 3 is 2.46 bits per heavy atom. The summed E-state index contributed by atoms with van der Waals surface area (Å²) in [6, 6.07) is 14.0. The third-order valence-electron chi connectivity index (χ3n) is 4.20. The smallest absolute Gasteiger partial charge is 0.128 e. The van der Waals surface area contributed by atoms with Crippen molar-refractivity contribution in [3.05, 3.63) is 58.6 Å². The van der Waals surface area contributed by atoms with E-state index in [-0.39, 0.29) is 12.4 Å². The van der Waals surface area contributed by atoms with Gasteiger partial charge in [-0.05, 0) is 48.4 Å². The lowest BCUT2D eigenvalue weighted by Crippen LogP contribution is -2.06. The lowest BCUT2D eigenvalue weighted by molar-refractivity contribution is 0.292. The number of aliphatic hydroxyl groups excluding tert-OH is 1. The van der Waals surface area contributed by atoms with Crippen LogP contribution >= 0.6 is 23.2 Å². The molecule has 0 saturated heterocycles. The number of hydrogen-bond acceptors (Lipinski definition) is 5. The summed E-state index contributed by atoms with van der Waals surface area (Å²) >= 11 is 12.8. The summed E-state index contributed by atoms with van der Waals surface area (Å²) in [4.78, 5) is 4.60. The Bertz CT molecular complexity index is 960. The standard InChI is InChI=1S/C21H20Cl2N2O3/c1-28-14-6-7-15(19(27)12-14)18-10-13(11-20(25-18)24-8-3-9-26)21-16(22)4-2-5-17(21)23/h2,4-7,10-12,26-27H,3,8-9H2,1H3,(H,24,25). The molecular formula is C21H20Cl2N2O3. The van der Waals surface area contributed by atoms with E-state index in [0.717, 1.165) is 5.56 Å². The Balaban J connectivity index is 2.13. The highest BCUT2D eigenvalue weighted by Crippen LogP contribution is 2.39. The lowest BCUT2D eigenvalue weighted by atomic mass is 10.0. The van der Waals surface area contributed by atoms with Crippen LogP contribution in [0.3, 0.4) is 0 Å². The number of rotatable bonds is 7. The highest BCUT2D eigenvalue weighted by Gasteiger charge is 2.14. The number of hydrogen-bond donors (Lipinski definition) is 3. The minimum atomic E-state index is 0.0514. The quantitative estimate of drug-likeness (QED) is 0.458. The van der Waals surface area contributed by atoms with Crippen molar-refractivity contribution in [2.45, 2.75) is 6.42 Å². The molecule has 1 aromatic heterocycles. The summed E-state index contributed by atoms with van der Waals surface area (Å²) in [7, 11) is 1.54. The van der Waals surface area contributed by atoms with Gasteiger partial charge in [-0.25, -0.2) is 4.98 Å². The van der Waals surface area contributed by atoms with Gasteiger partial charge in [-0.3, -0.25) is 0 Å². The Morgan fingerprint density at radius 2 is 1.82 bits per heavy atom. The van der Waals surface area contributed by atoms with Gasteiger partial charge in [0.1, 0.15) is 17.3 Å². The molecule has 3 aromatic rings. The fraction of sp³-hybridized carbons (Fsp3) is 0.190. The van der Waals surface area contributed by atoms with Crippen LogP contribution < -0.4 is 10.1 Å². The molecule has 0 aliphatic heterocycles. The molecule has 0 saturated carbocycles. The summed E-state index contributed by atoms with van der Waals surface area (Å²) in [5, 5.41) is 23.7. The third-order valence-corrected chi connectivity index (χ3v) is 4.83. The predicted molar refractivity (Wildman–Crippen MR) is 114 cm³/mol. The zero-order chi connectivity index (χ0) is 20.1. The van der Waals surface area contributed by atoms with Gasteiger partial charge < -0.3 is 20.3 Å². The van der Waals surface area contributed by atoms with Crippen molar-refractivity contribution in [3.63, 3.8) is 0 Å². The van der Waals surface area contributed by atoms with E-state index in [4.69, 9.17) is 33.0 Å². The molecule has 0 bridgehead atoms. The molecule has 1 heterocycles.